The van der Waals surface area contributed by atoms with E-state index in [-0.39, 0.29) is 54.6 Å². The van der Waals surface area contributed by atoms with Gasteiger partial charge < -0.3 is 41.2 Å². The fourth-order valence-electron chi connectivity index (χ4n) is 4.78. The van der Waals surface area contributed by atoms with Gasteiger partial charge in [-0.05, 0) is 42.5 Å². The Balaban J connectivity index is 0.00000565. The number of amides is 2. The maximum absolute atomic E-state index is 13.5. The smallest absolute Gasteiger partial charge is 0.326 e. The summed E-state index contributed by atoms with van der Waals surface area (Å²) < 4.78 is 5.16. The molecule has 13 heteroatoms. The first-order chi connectivity index (χ1) is 23.1. The van der Waals surface area contributed by atoms with Crippen LogP contribution in [-0.2, 0) is 36.8 Å². The lowest BCUT2D eigenvalue weighted by atomic mass is 10.0. The van der Waals surface area contributed by atoms with Gasteiger partial charge in [0, 0.05) is 43.8 Å². The van der Waals surface area contributed by atoms with Gasteiger partial charge >= 0.3 is 5.97 Å². The second-order valence-electron chi connectivity index (χ2n) is 11.2. The van der Waals surface area contributed by atoms with Crippen LogP contribution in [0.3, 0.4) is 0 Å². The van der Waals surface area contributed by atoms with Crippen LogP contribution in [0.25, 0.3) is 0 Å². The van der Waals surface area contributed by atoms with E-state index in [9.17, 15) is 34.2 Å². The Hall–Kier alpha value is -3.94. The fraction of sp³-hybridized carbons (Fsp3) is 0.514. The van der Waals surface area contributed by atoms with Gasteiger partial charge in [0.25, 0.3) is 0 Å². The third-order valence-corrected chi connectivity index (χ3v) is 8.88. The number of phenolic OH excluding ortho intramolecular Hbond substituents is 1. The summed E-state index contributed by atoms with van der Waals surface area (Å²) in [5.74, 6) is -2.02. The average molecular weight is 690 g/mol. The molecule has 0 aliphatic carbocycles. The van der Waals surface area contributed by atoms with Crippen LogP contribution < -0.4 is 21.1 Å². The van der Waals surface area contributed by atoms with Gasteiger partial charge in [-0.1, -0.05) is 62.6 Å². The molecular formula is C35H51N3O9S. The number of phenols is 1. The lowest BCUT2D eigenvalue weighted by molar-refractivity contribution is -0.142. The number of thioether (sulfide) groups is 1. The van der Waals surface area contributed by atoms with Crippen molar-refractivity contribution in [2.75, 3.05) is 20.0 Å². The summed E-state index contributed by atoms with van der Waals surface area (Å²) >= 11 is 1.38. The van der Waals surface area contributed by atoms with Crippen molar-refractivity contribution in [2.45, 2.75) is 94.5 Å². The van der Waals surface area contributed by atoms with Crippen molar-refractivity contribution in [1.82, 2.24) is 10.6 Å². The van der Waals surface area contributed by atoms with Crippen molar-refractivity contribution in [2.24, 2.45) is 5.73 Å². The number of nitrogens with one attached hydrogen (secondary N) is 2. The minimum absolute atomic E-state index is 0.0232. The molecule has 0 bridgehead atoms. The molecule has 0 aliphatic heterocycles. The molecule has 7 N–H and O–H groups in total. The minimum atomic E-state index is -1.23. The number of carbonyl (C=O) groups is 5. The number of unbranched alkanes of at least 4 members (excludes halogenated alkanes) is 2. The summed E-state index contributed by atoms with van der Waals surface area (Å²) in [7, 11) is 2.46. The van der Waals surface area contributed by atoms with E-state index in [1.165, 1.54) is 24.9 Å². The molecule has 2 aromatic rings. The number of ketones is 1. The number of benzene rings is 2. The summed E-state index contributed by atoms with van der Waals surface area (Å²) in [6.45, 7) is 2.08. The van der Waals surface area contributed by atoms with Crippen molar-refractivity contribution in [3.05, 3.63) is 59.7 Å². The number of aryl methyl sites for hydroxylation is 1. The van der Waals surface area contributed by atoms with Gasteiger partial charge in [-0.15, -0.1) is 0 Å². The maximum atomic E-state index is 13.5. The van der Waals surface area contributed by atoms with E-state index >= 15 is 0 Å². The first kappa shape index (κ1) is 42.1. The molecule has 0 aliphatic rings. The van der Waals surface area contributed by atoms with Gasteiger partial charge in [0.1, 0.15) is 24.2 Å². The number of aldehydes is 1. The summed E-state index contributed by atoms with van der Waals surface area (Å²) in [5, 5.41) is 31.7. The standard InChI is InChI=1S/C34H47N3O8S.CH4O/c1-3-4-6-12-26(21-25(39)16-14-24-15-17-30(40)31(20-24)45-2)46-22-29(37-32(41)27(35)13-9-18-38)33(42)36-28(34(43)44)19-23-10-7-5-8-11-23;1-2/h5,7-8,10-11,15,17-18,20,26-29,40H,3-4,6,9,12-14,16,19,21-22,35H2,1-2H3,(H,36,42)(H,37,41)(H,43,44);2H,1H3. The van der Waals surface area contributed by atoms with Crippen LogP contribution in [0.5, 0.6) is 11.5 Å². The van der Waals surface area contributed by atoms with Crippen molar-refractivity contribution < 1.29 is 44.0 Å². The number of carbonyl (C=O) groups excluding carboxylic acids is 4. The largest absolute Gasteiger partial charge is 0.504 e. The van der Waals surface area contributed by atoms with Crippen molar-refractivity contribution in [1.29, 1.82) is 0 Å². The normalized spacial score (nSPS) is 13.1. The first-order valence-corrected chi connectivity index (χ1v) is 17.1. The van der Waals surface area contributed by atoms with Crippen molar-refractivity contribution in [3.8, 4) is 11.5 Å². The minimum Gasteiger partial charge on any atom is -0.504 e. The molecule has 2 rings (SSSR count). The van der Waals surface area contributed by atoms with Crippen LogP contribution in [0.4, 0.5) is 0 Å². The third-order valence-electron chi connectivity index (χ3n) is 7.48. The highest BCUT2D eigenvalue weighted by Crippen LogP contribution is 2.28. The molecule has 2 amide bonds. The zero-order valence-corrected chi connectivity index (χ0v) is 28.9. The predicted octanol–water partition coefficient (Wildman–Crippen LogP) is 3.19. The second kappa shape index (κ2) is 24.2. The van der Waals surface area contributed by atoms with Gasteiger partial charge in [0.05, 0.1) is 13.2 Å². The van der Waals surface area contributed by atoms with E-state index in [0.717, 1.165) is 43.9 Å². The summed E-state index contributed by atoms with van der Waals surface area (Å²) in [5.41, 5.74) is 7.52. The molecule has 48 heavy (non-hydrogen) atoms. The van der Waals surface area contributed by atoms with E-state index in [4.69, 9.17) is 15.6 Å². The topological polar surface area (TPSA) is 205 Å². The van der Waals surface area contributed by atoms with Gasteiger partial charge in [0.15, 0.2) is 11.5 Å². The lowest BCUT2D eigenvalue weighted by Gasteiger charge is -2.24. The number of aliphatic carboxylic acids is 1. The van der Waals surface area contributed by atoms with E-state index in [0.29, 0.717) is 18.5 Å². The van der Waals surface area contributed by atoms with Gasteiger partial charge in [-0.3, -0.25) is 14.4 Å². The highest BCUT2D eigenvalue weighted by atomic mass is 32.2. The molecule has 12 nitrogen and oxygen atoms in total. The zero-order valence-electron chi connectivity index (χ0n) is 28.1. The average Bonchev–Trinajstić information content (AvgIpc) is 3.09. The molecule has 4 atom stereocenters. The quantitative estimate of drug-likeness (QED) is 0.0738. The van der Waals surface area contributed by atoms with Crippen LogP contribution >= 0.6 is 11.8 Å². The number of nitrogens with two attached hydrogens (primary N) is 1. The fourth-order valence-corrected chi connectivity index (χ4v) is 6.11. The molecular weight excluding hydrogens is 638 g/mol. The first-order valence-electron chi connectivity index (χ1n) is 16.1. The highest BCUT2D eigenvalue weighted by Gasteiger charge is 2.29. The van der Waals surface area contributed by atoms with Crippen LogP contribution in [0.15, 0.2) is 48.5 Å². The monoisotopic (exact) mass is 689 g/mol. The Bertz CT molecular complexity index is 1280. The molecule has 0 saturated carbocycles. The number of carboxylic acids is 1. The van der Waals surface area contributed by atoms with E-state index in [1.807, 2.05) is 0 Å². The van der Waals surface area contributed by atoms with Gasteiger partial charge in [-0.25, -0.2) is 4.79 Å². The lowest BCUT2D eigenvalue weighted by Crippen LogP contribution is -2.56. The summed E-state index contributed by atoms with van der Waals surface area (Å²) in [4.78, 5) is 62.2. The number of methoxy groups -OCH3 is 1. The van der Waals surface area contributed by atoms with E-state index in [1.54, 1.807) is 42.5 Å². The Morgan fingerprint density at radius 3 is 2.27 bits per heavy atom. The number of carboxylic acid groups (broad SMARTS) is 1. The van der Waals surface area contributed by atoms with Gasteiger partial charge in [-0.2, -0.15) is 11.8 Å². The Morgan fingerprint density at radius 1 is 0.958 bits per heavy atom. The molecule has 0 fully saturated rings. The molecule has 0 heterocycles. The van der Waals surface area contributed by atoms with E-state index < -0.39 is 35.9 Å². The molecule has 0 spiro atoms. The number of Topliss-reactive ketones (excluding diaryl/α,β-unsaturated/α-hetero) is 1. The molecule has 0 radical (unpaired) electrons. The Morgan fingerprint density at radius 2 is 1.65 bits per heavy atom. The highest BCUT2D eigenvalue weighted by molar-refractivity contribution is 8.00. The number of ether oxygens (including phenoxy) is 1. The Labute approximate surface area is 287 Å². The van der Waals surface area contributed by atoms with Crippen LogP contribution in [0.1, 0.15) is 69.4 Å². The number of hydrogen-bond acceptors (Lipinski definition) is 10. The van der Waals surface area contributed by atoms with Crippen LogP contribution in [0, 0.1) is 0 Å². The van der Waals surface area contributed by atoms with Crippen LogP contribution in [0.2, 0.25) is 0 Å². The van der Waals surface area contributed by atoms with Crippen molar-refractivity contribution >= 4 is 41.6 Å². The molecule has 2 aromatic carbocycles. The number of aliphatic hydroxyl groups excluding tert-OH is 1. The number of aromatic hydroxyl groups is 1. The second-order valence-corrected chi connectivity index (χ2v) is 12.5. The number of aliphatic hydroxyl groups is 1. The zero-order chi connectivity index (χ0) is 35.9. The maximum Gasteiger partial charge on any atom is 0.326 e. The Kier molecular flexibility index (Phi) is 21.3. The molecule has 0 saturated heterocycles. The van der Waals surface area contributed by atoms with Gasteiger partial charge in [0.2, 0.25) is 11.8 Å². The molecule has 4 unspecified atom stereocenters. The molecule has 0 aromatic heterocycles. The summed E-state index contributed by atoms with van der Waals surface area (Å²) in [6.07, 6.45) is 5.48. The van der Waals surface area contributed by atoms with Crippen molar-refractivity contribution in [3.63, 3.8) is 0 Å². The summed E-state index contributed by atoms with van der Waals surface area (Å²) in [6, 6.07) is 10.5. The number of hydrogen-bond donors (Lipinski definition) is 6. The van der Waals surface area contributed by atoms with E-state index in [2.05, 4.69) is 17.6 Å². The SMILES string of the molecule is CCCCCC(CC(=O)CCc1ccc(O)c(OC)c1)SCC(NC(=O)C(N)CCC=O)C(=O)NC(Cc1ccccc1)C(=O)O.CO. The van der Waals surface area contributed by atoms with Crippen LogP contribution in [-0.4, -0.2) is 88.5 Å². The number of rotatable bonds is 23. The third kappa shape index (κ3) is 16.2. The molecule has 266 valence electrons. The predicted molar refractivity (Wildman–Crippen MR) is 186 cm³/mol.